The van der Waals surface area contributed by atoms with Gasteiger partial charge in [-0.2, -0.15) is 0 Å². The number of benzene rings is 4. The molecule has 0 spiro atoms. The third kappa shape index (κ3) is 6.31. The summed E-state index contributed by atoms with van der Waals surface area (Å²) in [6.45, 7) is 20.2. The number of aryl methyl sites for hydroxylation is 2. The zero-order valence-corrected chi connectivity index (χ0v) is 23.2. The van der Waals surface area contributed by atoms with Crippen molar-refractivity contribution in [3.8, 4) is 0 Å². The molecule has 0 saturated heterocycles. The monoisotopic (exact) mass is 462 g/mol. The summed E-state index contributed by atoms with van der Waals surface area (Å²) in [5.74, 6) is 0.659. The van der Waals surface area contributed by atoms with Gasteiger partial charge in [0.15, 0.2) is 0 Å². The van der Waals surface area contributed by atoms with Crippen molar-refractivity contribution in [3.05, 3.63) is 118 Å². The summed E-state index contributed by atoms with van der Waals surface area (Å²) < 4.78 is 0. The minimum absolute atomic E-state index is 0.159. The maximum Gasteiger partial charge on any atom is -0.0106 e. The Morgan fingerprint density at radius 3 is 1.86 bits per heavy atom. The first-order chi connectivity index (χ1) is 16.5. The molecule has 0 N–H and O–H groups in total. The fourth-order valence-electron chi connectivity index (χ4n) is 4.60. The molecular weight excluding hydrogens is 420 g/mol. The lowest BCUT2D eigenvalue weighted by Crippen LogP contribution is -2.11. The molecule has 0 aliphatic carbocycles. The van der Waals surface area contributed by atoms with Crippen LogP contribution in [-0.4, -0.2) is 0 Å². The Bertz CT molecular complexity index is 1310. The van der Waals surface area contributed by atoms with Crippen LogP contribution in [0.2, 0.25) is 0 Å². The summed E-state index contributed by atoms with van der Waals surface area (Å²) in [6.07, 6.45) is 0. The van der Waals surface area contributed by atoms with E-state index < -0.39 is 0 Å². The quantitative estimate of drug-likeness (QED) is 0.266. The molecule has 0 bridgehead atoms. The predicted molar refractivity (Wildman–Crippen MR) is 157 cm³/mol. The molecule has 4 aromatic rings. The summed E-state index contributed by atoms with van der Waals surface area (Å²) >= 11 is 0. The molecule has 0 nitrogen and oxygen atoms in total. The Kier molecular flexibility index (Phi) is 8.39. The van der Waals surface area contributed by atoms with E-state index in [4.69, 9.17) is 0 Å². The number of fused-ring (bicyclic) bond motifs is 1. The van der Waals surface area contributed by atoms with Gasteiger partial charge in [-0.05, 0) is 94.3 Å². The largest absolute Gasteiger partial charge is 0.0622 e. The first-order valence-electron chi connectivity index (χ1n) is 12.8. The van der Waals surface area contributed by atoms with Gasteiger partial charge in [0, 0.05) is 0 Å². The van der Waals surface area contributed by atoms with E-state index in [9.17, 15) is 0 Å². The van der Waals surface area contributed by atoms with Crippen LogP contribution < -0.4 is 0 Å². The number of hydrogen-bond donors (Lipinski definition) is 0. The molecule has 4 rings (SSSR count). The average molecular weight is 463 g/mol. The highest BCUT2D eigenvalue weighted by molar-refractivity contribution is 6.01. The van der Waals surface area contributed by atoms with Crippen molar-refractivity contribution in [2.45, 2.75) is 73.6 Å². The Balaban J connectivity index is 0.000000320. The third-order valence-electron chi connectivity index (χ3n) is 7.05. The smallest absolute Gasteiger partial charge is 0.0106 e. The zero-order valence-electron chi connectivity index (χ0n) is 23.2. The fraction of sp³-hybridized carbons (Fsp3) is 0.314. The van der Waals surface area contributed by atoms with Crippen molar-refractivity contribution >= 4 is 21.9 Å². The van der Waals surface area contributed by atoms with Crippen LogP contribution in [0.3, 0.4) is 0 Å². The van der Waals surface area contributed by atoms with Crippen molar-refractivity contribution in [1.29, 1.82) is 0 Å². The minimum Gasteiger partial charge on any atom is -0.0622 e. The highest BCUT2D eigenvalue weighted by Crippen LogP contribution is 2.35. The lowest BCUT2D eigenvalue weighted by atomic mass is 9.83. The van der Waals surface area contributed by atoms with Crippen LogP contribution in [0.5, 0.6) is 0 Å². The van der Waals surface area contributed by atoms with E-state index in [0.29, 0.717) is 5.92 Å². The average Bonchev–Trinajstić information content (AvgIpc) is 2.83. The summed E-state index contributed by atoms with van der Waals surface area (Å²) in [4.78, 5) is 0. The van der Waals surface area contributed by atoms with E-state index in [1.807, 2.05) is 6.07 Å². The Morgan fingerprint density at radius 1 is 0.657 bits per heavy atom. The second-order valence-corrected chi connectivity index (χ2v) is 11.1. The lowest BCUT2D eigenvalue weighted by molar-refractivity contribution is 0.590. The van der Waals surface area contributed by atoms with Crippen molar-refractivity contribution in [1.82, 2.24) is 0 Å². The molecule has 0 aliphatic heterocycles. The molecule has 0 radical (unpaired) electrons. The first kappa shape index (κ1) is 26.5. The molecule has 182 valence electrons. The standard InChI is InChI=1S/C26H30.C9H12/c1-17-13-15-22(26(5,6)7)16-24(17)19(3)20(4)25-18(2)12-14-21-10-8-9-11-23(21)25;1-8(2)9-6-4-3-5-7-9/h8-16H,1-7H3;3-8H,1-2H3/b20-19+;. The fourth-order valence-corrected chi connectivity index (χ4v) is 4.60. The summed E-state index contributed by atoms with van der Waals surface area (Å²) in [5.41, 5.74) is 11.1. The maximum atomic E-state index is 2.38. The highest BCUT2D eigenvalue weighted by Gasteiger charge is 2.17. The van der Waals surface area contributed by atoms with Gasteiger partial charge < -0.3 is 0 Å². The predicted octanol–water partition coefficient (Wildman–Crippen LogP) is 10.5. The van der Waals surface area contributed by atoms with E-state index in [1.165, 1.54) is 55.3 Å². The van der Waals surface area contributed by atoms with Crippen molar-refractivity contribution in [3.63, 3.8) is 0 Å². The lowest BCUT2D eigenvalue weighted by Gasteiger charge is -2.22. The van der Waals surface area contributed by atoms with Crippen molar-refractivity contribution in [2.24, 2.45) is 0 Å². The van der Waals surface area contributed by atoms with Gasteiger partial charge in [0.05, 0.1) is 0 Å². The summed E-state index contributed by atoms with van der Waals surface area (Å²) in [5, 5.41) is 2.65. The van der Waals surface area contributed by atoms with Crippen LogP contribution in [0.4, 0.5) is 0 Å². The van der Waals surface area contributed by atoms with Crippen molar-refractivity contribution in [2.75, 3.05) is 0 Å². The van der Waals surface area contributed by atoms with Crippen LogP contribution in [0.25, 0.3) is 21.9 Å². The Hall–Kier alpha value is -3.12. The van der Waals surface area contributed by atoms with E-state index in [0.717, 1.165) is 0 Å². The van der Waals surface area contributed by atoms with Crippen molar-refractivity contribution < 1.29 is 0 Å². The van der Waals surface area contributed by atoms with E-state index in [1.54, 1.807) is 0 Å². The molecule has 0 unspecified atom stereocenters. The summed E-state index contributed by atoms with van der Waals surface area (Å²) in [7, 11) is 0. The molecule has 0 fully saturated rings. The molecule has 0 heterocycles. The van der Waals surface area contributed by atoms with Gasteiger partial charge in [-0.3, -0.25) is 0 Å². The van der Waals surface area contributed by atoms with Gasteiger partial charge in [-0.1, -0.05) is 120 Å². The third-order valence-corrected chi connectivity index (χ3v) is 7.05. The molecule has 0 saturated carbocycles. The van der Waals surface area contributed by atoms with Crippen LogP contribution in [-0.2, 0) is 5.41 Å². The maximum absolute atomic E-state index is 2.38. The topological polar surface area (TPSA) is 0 Å². The van der Waals surface area contributed by atoms with Gasteiger partial charge in [0.2, 0.25) is 0 Å². The van der Waals surface area contributed by atoms with E-state index in [2.05, 4.69) is 141 Å². The number of rotatable bonds is 3. The molecule has 0 amide bonds. The van der Waals surface area contributed by atoms with Gasteiger partial charge >= 0.3 is 0 Å². The van der Waals surface area contributed by atoms with Crippen LogP contribution in [0.15, 0.2) is 84.9 Å². The van der Waals surface area contributed by atoms with Gasteiger partial charge in [-0.25, -0.2) is 0 Å². The number of allylic oxidation sites excluding steroid dienone is 2. The van der Waals surface area contributed by atoms with Gasteiger partial charge in [0.1, 0.15) is 0 Å². The van der Waals surface area contributed by atoms with E-state index >= 15 is 0 Å². The Morgan fingerprint density at radius 2 is 1.26 bits per heavy atom. The SMILES string of the molecule is C/C(=C(/C)c1c(C)ccc2ccccc12)c1cc(C(C)(C)C)ccc1C.CC(C)c1ccccc1. The molecular formula is C35H42. The first-order valence-corrected chi connectivity index (χ1v) is 12.8. The second kappa shape index (κ2) is 11.1. The number of hydrogen-bond acceptors (Lipinski definition) is 0. The Labute approximate surface area is 213 Å². The summed E-state index contributed by atoms with van der Waals surface area (Å²) in [6, 6.07) is 30.6. The van der Waals surface area contributed by atoms with Crippen LogP contribution >= 0.6 is 0 Å². The molecule has 0 heteroatoms. The highest BCUT2D eigenvalue weighted by atomic mass is 14.2. The molecule has 0 atom stereocenters. The van der Waals surface area contributed by atoms with Crippen LogP contribution in [0.1, 0.15) is 87.8 Å². The normalized spacial score (nSPS) is 12.3. The van der Waals surface area contributed by atoms with Crippen LogP contribution in [0, 0.1) is 13.8 Å². The minimum atomic E-state index is 0.159. The second-order valence-electron chi connectivity index (χ2n) is 11.1. The van der Waals surface area contributed by atoms with E-state index in [-0.39, 0.29) is 5.41 Å². The molecule has 0 aliphatic rings. The van der Waals surface area contributed by atoms with Gasteiger partial charge in [0.25, 0.3) is 0 Å². The van der Waals surface area contributed by atoms with Gasteiger partial charge in [-0.15, -0.1) is 0 Å². The molecule has 35 heavy (non-hydrogen) atoms. The molecule has 4 aromatic carbocycles. The molecule has 0 aromatic heterocycles. The zero-order chi connectivity index (χ0) is 25.8.